The number of nitrogens with zero attached hydrogens (tertiary/aromatic N) is 2. The van der Waals surface area contributed by atoms with Crippen LogP contribution in [-0.2, 0) is 6.54 Å². The Hall–Kier alpha value is -0.580. The number of phenolic OH excluding ortho intramolecular Hbond substituents is 1. The highest BCUT2D eigenvalue weighted by Crippen LogP contribution is 2.28. The van der Waals surface area contributed by atoms with Gasteiger partial charge in [-0.25, -0.2) is 0 Å². The summed E-state index contributed by atoms with van der Waals surface area (Å²) in [5.41, 5.74) is 1.93. The molecule has 1 atom stereocenters. The molecule has 1 heterocycles. The maximum absolute atomic E-state index is 10.2. The zero-order valence-corrected chi connectivity index (χ0v) is 14.3. The number of benzene rings is 1. The summed E-state index contributed by atoms with van der Waals surface area (Å²) in [6.45, 7) is 8.41. The molecule has 1 aliphatic rings. The van der Waals surface area contributed by atoms with Crippen molar-refractivity contribution in [2.24, 2.45) is 0 Å². The highest BCUT2D eigenvalue weighted by Gasteiger charge is 2.24. The summed E-state index contributed by atoms with van der Waals surface area (Å²) in [4.78, 5) is 4.88. The topological polar surface area (TPSA) is 26.7 Å². The average molecular weight is 341 g/mol. The molecule has 2 rings (SSSR count). The van der Waals surface area contributed by atoms with E-state index in [0.29, 0.717) is 11.8 Å². The predicted molar refractivity (Wildman–Crippen MR) is 87.1 cm³/mol. The largest absolute Gasteiger partial charge is 0.507 e. The van der Waals surface area contributed by atoms with E-state index in [-0.39, 0.29) is 0 Å². The van der Waals surface area contributed by atoms with Crippen molar-refractivity contribution < 1.29 is 5.11 Å². The van der Waals surface area contributed by atoms with Crippen molar-refractivity contribution in [2.45, 2.75) is 39.3 Å². The van der Waals surface area contributed by atoms with E-state index in [1.54, 1.807) is 0 Å². The maximum Gasteiger partial charge on any atom is 0.123 e. The van der Waals surface area contributed by atoms with Crippen LogP contribution in [-0.4, -0.2) is 47.6 Å². The first kappa shape index (κ1) is 15.8. The Morgan fingerprint density at radius 3 is 2.90 bits per heavy atom. The fraction of sp³-hybridized carbons (Fsp3) is 0.625. The summed E-state index contributed by atoms with van der Waals surface area (Å²) in [6, 6.07) is 4.64. The van der Waals surface area contributed by atoms with Gasteiger partial charge in [-0.3, -0.25) is 4.90 Å². The molecule has 1 saturated heterocycles. The van der Waals surface area contributed by atoms with Crippen LogP contribution >= 0.6 is 15.9 Å². The molecule has 0 aliphatic carbocycles. The molecule has 1 aliphatic heterocycles. The Labute approximate surface area is 130 Å². The summed E-state index contributed by atoms with van der Waals surface area (Å²) < 4.78 is 1.03. The summed E-state index contributed by atoms with van der Waals surface area (Å²) in [6.07, 6.45) is 2.61. The molecular weight excluding hydrogens is 316 g/mol. The van der Waals surface area contributed by atoms with Crippen molar-refractivity contribution in [1.29, 1.82) is 0 Å². The average Bonchev–Trinajstić information content (AvgIpc) is 2.82. The number of hydrogen-bond acceptors (Lipinski definition) is 3. The van der Waals surface area contributed by atoms with Gasteiger partial charge < -0.3 is 10.0 Å². The first-order valence-corrected chi connectivity index (χ1v) is 8.21. The van der Waals surface area contributed by atoms with E-state index in [1.807, 2.05) is 19.1 Å². The van der Waals surface area contributed by atoms with Gasteiger partial charge in [-0.15, -0.1) is 0 Å². The lowest BCUT2D eigenvalue weighted by atomic mass is 10.1. The molecule has 112 valence electrons. The van der Waals surface area contributed by atoms with Crippen LogP contribution < -0.4 is 0 Å². The van der Waals surface area contributed by atoms with E-state index in [9.17, 15) is 5.11 Å². The molecular formula is C16H25BrN2O. The third-order valence-electron chi connectivity index (χ3n) is 4.21. The number of likely N-dealkylation sites (N-methyl/N-ethyl adjacent to an activating group) is 2. The number of aromatic hydroxyl groups is 1. The van der Waals surface area contributed by atoms with Gasteiger partial charge in [-0.1, -0.05) is 22.9 Å². The first-order valence-electron chi connectivity index (χ1n) is 7.41. The maximum atomic E-state index is 10.2. The van der Waals surface area contributed by atoms with Gasteiger partial charge in [0.2, 0.25) is 0 Å². The fourth-order valence-corrected chi connectivity index (χ4v) is 3.78. The fourth-order valence-electron chi connectivity index (χ4n) is 3.16. The number of aryl methyl sites for hydroxylation is 1. The highest BCUT2D eigenvalue weighted by atomic mass is 79.9. The monoisotopic (exact) mass is 340 g/mol. The third-order valence-corrected chi connectivity index (χ3v) is 4.67. The van der Waals surface area contributed by atoms with Crippen molar-refractivity contribution >= 4 is 15.9 Å². The molecule has 1 fully saturated rings. The van der Waals surface area contributed by atoms with Crippen LogP contribution in [0, 0.1) is 6.92 Å². The molecule has 0 saturated carbocycles. The van der Waals surface area contributed by atoms with Crippen molar-refractivity contribution in [3.05, 3.63) is 27.7 Å². The molecule has 0 spiro atoms. The van der Waals surface area contributed by atoms with Gasteiger partial charge in [0.15, 0.2) is 0 Å². The van der Waals surface area contributed by atoms with Gasteiger partial charge in [0.25, 0.3) is 0 Å². The number of halogens is 1. The van der Waals surface area contributed by atoms with Crippen LogP contribution in [0.15, 0.2) is 16.6 Å². The minimum absolute atomic E-state index is 0.429. The van der Waals surface area contributed by atoms with Crippen molar-refractivity contribution in [3.63, 3.8) is 0 Å². The quantitative estimate of drug-likeness (QED) is 0.889. The van der Waals surface area contributed by atoms with E-state index in [4.69, 9.17) is 0 Å². The van der Waals surface area contributed by atoms with E-state index < -0.39 is 0 Å². The van der Waals surface area contributed by atoms with Crippen LogP contribution in [0.1, 0.15) is 30.9 Å². The lowest BCUT2D eigenvalue weighted by Crippen LogP contribution is -2.38. The highest BCUT2D eigenvalue weighted by molar-refractivity contribution is 9.10. The molecule has 0 bridgehead atoms. The second-order valence-electron chi connectivity index (χ2n) is 5.85. The molecule has 1 aromatic carbocycles. The smallest absolute Gasteiger partial charge is 0.123 e. The van der Waals surface area contributed by atoms with Crippen molar-refractivity contribution in [3.8, 4) is 5.75 Å². The van der Waals surface area contributed by atoms with E-state index in [1.165, 1.54) is 19.4 Å². The van der Waals surface area contributed by atoms with Crippen LogP contribution in [0.2, 0.25) is 0 Å². The Kier molecular flexibility index (Phi) is 5.47. The number of phenols is 1. The third kappa shape index (κ3) is 3.74. The minimum Gasteiger partial charge on any atom is -0.507 e. The SMILES string of the molecule is CCN1CCCC1CN(C)Cc1cc(Br)cc(C)c1O. The van der Waals surface area contributed by atoms with Gasteiger partial charge in [0.1, 0.15) is 5.75 Å². The minimum atomic E-state index is 0.429. The molecule has 0 amide bonds. The number of rotatable bonds is 5. The molecule has 1 aromatic rings. The van der Waals surface area contributed by atoms with Gasteiger partial charge in [0.05, 0.1) is 0 Å². The molecule has 0 aromatic heterocycles. The van der Waals surface area contributed by atoms with E-state index in [0.717, 1.165) is 35.2 Å². The zero-order valence-electron chi connectivity index (χ0n) is 12.7. The Balaban J connectivity index is 1.99. The molecule has 3 nitrogen and oxygen atoms in total. The Morgan fingerprint density at radius 1 is 1.45 bits per heavy atom. The van der Waals surface area contributed by atoms with E-state index >= 15 is 0 Å². The van der Waals surface area contributed by atoms with Gasteiger partial charge in [-0.2, -0.15) is 0 Å². The molecule has 4 heteroatoms. The molecule has 20 heavy (non-hydrogen) atoms. The Morgan fingerprint density at radius 2 is 2.20 bits per heavy atom. The van der Waals surface area contributed by atoms with Crippen molar-refractivity contribution in [1.82, 2.24) is 9.80 Å². The van der Waals surface area contributed by atoms with E-state index in [2.05, 4.69) is 39.7 Å². The Bertz CT molecular complexity index is 464. The molecule has 0 radical (unpaired) electrons. The molecule has 1 N–H and O–H groups in total. The van der Waals surface area contributed by atoms with Crippen molar-refractivity contribution in [2.75, 3.05) is 26.7 Å². The predicted octanol–water partition coefficient (Wildman–Crippen LogP) is 3.38. The molecule has 1 unspecified atom stereocenters. The zero-order chi connectivity index (χ0) is 14.7. The standard InChI is InChI=1S/C16H25BrN2O/c1-4-19-7-5-6-15(19)11-18(3)10-13-9-14(17)8-12(2)16(13)20/h8-9,15,20H,4-7,10-11H2,1-3H3. The number of hydrogen-bond donors (Lipinski definition) is 1. The lowest BCUT2D eigenvalue weighted by molar-refractivity contribution is 0.194. The van der Waals surface area contributed by atoms with Gasteiger partial charge in [0, 0.05) is 29.2 Å². The number of likely N-dealkylation sites (tertiary alicyclic amines) is 1. The summed E-state index contributed by atoms with van der Waals surface area (Å²) in [5, 5.41) is 10.2. The normalized spacial score (nSPS) is 19.9. The van der Waals surface area contributed by atoms with Crippen LogP contribution in [0.3, 0.4) is 0 Å². The second kappa shape index (κ2) is 6.92. The second-order valence-corrected chi connectivity index (χ2v) is 6.77. The van der Waals surface area contributed by atoms with Crippen LogP contribution in [0.4, 0.5) is 0 Å². The van der Waals surface area contributed by atoms with Crippen LogP contribution in [0.25, 0.3) is 0 Å². The summed E-state index contributed by atoms with van der Waals surface area (Å²) in [5.74, 6) is 0.429. The van der Waals surface area contributed by atoms with Gasteiger partial charge >= 0.3 is 0 Å². The summed E-state index contributed by atoms with van der Waals surface area (Å²) >= 11 is 3.51. The lowest BCUT2D eigenvalue weighted by Gasteiger charge is -2.28. The first-order chi connectivity index (χ1) is 9.51. The van der Waals surface area contributed by atoms with Gasteiger partial charge in [-0.05, 0) is 57.6 Å². The van der Waals surface area contributed by atoms with Crippen LogP contribution in [0.5, 0.6) is 5.75 Å². The summed E-state index contributed by atoms with van der Waals surface area (Å²) in [7, 11) is 2.14.